The Balaban J connectivity index is 2.48. The molecule has 0 heterocycles. The molecule has 0 aliphatic rings. The van der Waals surface area contributed by atoms with Crippen LogP contribution in [-0.2, 0) is 11.2 Å². The van der Waals surface area contributed by atoms with Crippen molar-refractivity contribution in [2.24, 2.45) is 5.73 Å². The maximum atomic E-state index is 12.3. The van der Waals surface area contributed by atoms with Crippen LogP contribution < -0.4 is 5.73 Å². The molecule has 20 heavy (non-hydrogen) atoms. The molecular weight excluding hydrogens is 250 g/mol. The quantitative estimate of drug-likeness (QED) is 0.780. The van der Waals surface area contributed by atoms with E-state index in [2.05, 4.69) is 4.90 Å². The summed E-state index contributed by atoms with van der Waals surface area (Å²) < 4.78 is 0. The molecule has 112 valence electrons. The fourth-order valence-corrected chi connectivity index (χ4v) is 2.19. The smallest absolute Gasteiger partial charge is 0.239 e. The Kier molecular flexibility index (Phi) is 7.26. The van der Waals surface area contributed by atoms with Crippen molar-refractivity contribution in [1.82, 2.24) is 9.80 Å². The van der Waals surface area contributed by atoms with Crippen LogP contribution in [0.3, 0.4) is 0 Å². The van der Waals surface area contributed by atoms with Crippen molar-refractivity contribution in [3.8, 4) is 0 Å². The third-order valence-electron chi connectivity index (χ3n) is 3.34. The lowest BCUT2D eigenvalue weighted by atomic mass is 10.1. The van der Waals surface area contributed by atoms with Crippen molar-refractivity contribution in [1.29, 1.82) is 0 Å². The van der Waals surface area contributed by atoms with Crippen LogP contribution in [0.25, 0.3) is 0 Å². The summed E-state index contributed by atoms with van der Waals surface area (Å²) in [5.74, 6) is 0.0510. The van der Waals surface area contributed by atoms with Crippen molar-refractivity contribution in [2.45, 2.75) is 25.8 Å². The number of likely N-dealkylation sites (N-methyl/N-ethyl adjacent to an activating group) is 1. The number of nitrogens with two attached hydrogens (primary N) is 1. The number of hydrogen-bond donors (Lipinski definition) is 1. The monoisotopic (exact) mass is 277 g/mol. The van der Waals surface area contributed by atoms with E-state index in [1.165, 1.54) is 0 Å². The minimum atomic E-state index is -0.447. The average molecular weight is 277 g/mol. The molecule has 0 radical (unpaired) electrons. The maximum absolute atomic E-state index is 12.3. The predicted octanol–water partition coefficient (Wildman–Crippen LogP) is 1.36. The van der Waals surface area contributed by atoms with Gasteiger partial charge >= 0.3 is 0 Å². The Hall–Kier alpha value is -1.39. The van der Waals surface area contributed by atoms with Crippen molar-refractivity contribution < 1.29 is 4.79 Å². The molecule has 0 aliphatic heterocycles. The van der Waals surface area contributed by atoms with E-state index in [-0.39, 0.29) is 5.91 Å². The minimum Gasteiger partial charge on any atom is -0.342 e. The Morgan fingerprint density at radius 2 is 1.85 bits per heavy atom. The van der Waals surface area contributed by atoms with Gasteiger partial charge in [0.2, 0.25) is 5.91 Å². The highest BCUT2D eigenvalue weighted by Crippen LogP contribution is 2.05. The molecule has 0 spiro atoms. The highest BCUT2D eigenvalue weighted by Gasteiger charge is 2.19. The highest BCUT2D eigenvalue weighted by atomic mass is 16.2. The lowest BCUT2D eigenvalue weighted by molar-refractivity contribution is -0.132. The van der Waals surface area contributed by atoms with Gasteiger partial charge in [0.25, 0.3) is 0 Å². The topological polar surface area (TPSA) is 49.6 Å². The molecule has 4 nitrogen and oxygen atoms in total. The Bertz CT molecular complexity index is 392. The van der Waals surface area contributed by atoms with Gasteiger partial charge in [-0.1, -0.05) is 30.3 Å². The summed E-state index contributed by atoms with van der Waals surface area (Å²) in [6, 6.07) is 9.49. The third-order valence-corrected chi connectivity index (χ3v) is 3.34. The van der Waals surface area contributed by atoms with Crippen LogP contribution in [0.5, 0.6) is 0 Å². The number of rotatable bonds is 8. The van der Waals surface area contributed by atoms with Crippen LogP contribution >= 0.6 is 0 Å². The minimum absolute atomic E-state index is 0.0510. The standard InChI is InChI=1S/C16H27N3O/c1-4-19(12-8-11-18(2)3)16(20)15(17)13-14-9-6-5-7-10-14/h5-7,9-10,15H,4,8,11-13,17H2,1-3H3/t15-/m0/s1. The van der Waals surface area contributed by atoms with Crippen LogP contribution in [0.4, 0.5) is 0 Å². The van der Waals surface area contributed by atoms with E-state index < -0.39 is 6.04 Å². The normalized spacial score (nSPS) is 12.4. The largest absolute Gasteiger partial charge is 0.342 e. The fourth-order valence-electron chi connectivity index (χ4n) is 2.19. The summed E-state index contributed by atoms with van der Waals surface area (Å²) in [5.41, 5.74) is 7.16. The number of carbonyl (C=O) groups excluding carboxylic acids is 1. The fraction of sp³-hybridized carbons (Fsp3) is 0.562. The molecule has 1 atom stereocenters. The van der Waals surface area contributed by atoms with Crippen molar-refractivity contribution in [3.63, 3.8) is 0 Å². The first kappa shape index (κ1) is 16.7. The van der Waals surface area contributed by atoms with Crippen LogP contribution in [0.1, 0.15) is 18.9 Å². The van der Waals surface area contributed by atoms with Crippen molar-refractivity contribution in [2.75, 3.05) is 33.7 Å². The number of carbonyl (C=O) groups is 1. The Morgan fingerprint density at radius 1 is 1.20 bits per heavy atom. The van der Waals surface area contributed by atoms with Gasteiger partial charge in [-0.15, -0.1) is 0 Å². The summed E-state index contributed by atoms with van der Waals surface area (Å²) in [4.78, 5) is 16.3. The van der Waals surface area contributed by atoms with Crippen molar-refractivity contribution in [3.05, 3.63) is 35.9 Å². The van der Waals surface area contributed by atoms with Gasteiger partial charge in [0.15, 0.2) is 0 Å². The molecule has 1 aromatic rings. The first-order valence-electron chi connectivity index (χ1n) is 7.27. The van der Waals surface area contributed by atoms with Gasteiger partial charge in [0.1, 0.15) is 0 Å². The van der Waals surface area contributed by atoms with Gasteiger partial charge in [-0.3, -0.25) is 4.79 Å². The van der Waals surface area contributed by atoms with Crippen LogP contribution in [0.15, 0.2) is 30.3 Å². The zero-order valence-electron chi connectivity index (χ0n) is 12.9. The SMILES string of the molecule is CCN(CCCN(C)C)C(=O)[C@@H](N)Cc1ccccc1. The number of hydrogen-bond acceptors (Lipinski definition) is 3. The summed E-state index contributed by atoms with van der Waals surface area (Å²) in [7, 11) is 4.08. The van der Waals surface area contributed by atoms with E-state index in [1.54, 1.807) is 0 Å². The Labute approximate surface area is 122 Å². The highest BCUT2D eigenvalue weighted by molar-refractivity contribution is 5.81. The van der Waals surface area contributed by atoms with Crippen LogP contribution in [-0.4, -0.2) is 55.5 Å². The second-order valence-corrected chi connectivity index (χ2v) is 5.37. The van der Waals surface area contributed by atoms with Gasteiger partial charge in [0, 0.05) is 13.1 Å². The molecule has 0 unspecified atom stereocenters. The second-order valence-electron chi connectivity index (χ2n) is 5.37. The van der Waals surface area contributed by atoms with Crippen LogP contribution in [0.2, 0.25) is 0 Å². The summed E-state index contributed by atoms with van der Waals surface area (Å²) in [6.07, 6.45) is 1.58. The van der Waals surface area contributed by atoms with E-state index in [0.29, 0.717) is 6.42 Å². The summed E-state index contributed by atoms with van der Waals surface area (Å²) in [5, 5.41) is 0. The van der Waals surface area contributed by atoms with Gasteiger partial charge in [0.05, 0.1) is 6.04 Å². The van der Waals surface area contributed by atoms with E-state index >= 15 is 0 Å². The zero-order valence-corrected chi connectivity index (χ0v) is 12.9. The van der Waals surface area contributed by atoms with Crippen molar-refractivity contribution >= 4 is 5.91 Å². The number of nitrogens with zero attached hydrogens (tertiary/aromatic N) is 2. The molecule has 0 aliphatic carbocycles. The first-order chi connectivity index (χ1) is 9.54. The molecule has 0 aromatic heterocycles. The number of amides is 1. The molecule has 0 saturated heterocycles. The molecule has 1 rings (SSSR count). The predicted molar refractivity (Wildman–Crippen MR) is 83.5 cm³/mol. The third kappa shape index (κ3) is 5.72. The van der Waals surface area contributed by atoms with E-state index in [0.717, 1.165) is 31.6 Å². The molecule has 2 N–H and O–H groups in total. The summed E-state index contributed by atoms with van der Waals surface area (Å²) >= 11 is 0. The van der Waals surface area contributed by atoms with E-state index in [9.17, 15) is 4.79 Å². The van der Waals surface area contributed by atoms with Gasteiger partial charge in [-0.25, -0.2) is 0 Å². The zero-order chi connectivity index (χ0) is 15.0. The lowest BCUT2D eigenvalue weighted by Gasteiger charge is -2.25. The Morgan fingerprint density at radius 3 is 2.40 bits per heavy atom. The summed E-state index contributed by atoms with van der Waals surface area (Å²) in [6.45, 7) is 4.48. The maximum Gasteiger partial charge on any atom is 0.239 e. The average Bonchev–Trinajstić information content (AvgIpc) is 2.43. The molecule has 0 fully saturated rings. The van der Waals surface area contributed by atoms with Gasteiger partial charge < -0.3 is 15.5 Å². The second kappa shape index (κ2) is 8.72. The molecule has 1 aromatic carbocycles. The van der Waals surface area contributed by atoms with Gasteiger partial charge in [-0.2, -0.15) is 0 Å². The van der Waals surface area contributed by atoms with E-state index in [1.807, 2.05) is 56.3 Å². The molecule has 4 heteroatoms. The first-order valence-corrected chi connectivity index (χ1v) is 7.27. The molecular formula is C16H27N3O. The molecule has 0 saturated carbocycles. The lowest BCUT2D eigenvalue weighted by Crippen LogP contribution is -2.45. The number of benzene rings is 1. The molecule has 1 amide bonds. The van der Waals surface area contributed by atoms with Gasteiger partial charge in [-0.05, 0) is 46.0 Å². The van der Waals surface area contributed by atoms with E-state index in [4.69, 9.17) is 5.73 Å². The molecule has 0 bridgehead atoms. The van der Waals surface area contributed by atoms with Crippen LogP contribution in [0, 0.1) is 0 Å².